The Kier molecular flexibility index (Phi) is 10.0. The molecule has 2 aliphatic rings. The fourth-order valence-corrected chi connectivity index (χ4v) is 2.56. The summed E-state index contributed by atoms with van der Waals surface area (Å²) in [6, 6.07) is 0.520. The van der Waals surface area contributed by atoms with Crippen molar-refractivity contribution in [2.45, 2.75) is 32.2 Å². The number of hydrogen-bond acceptors (Lipinski definition) is 3. The van der Waals surface area contributed by atoms with Crippen LogP contribution in [0.15, 0.2) is 17.1 Å². The molecule has 1 aliphatic carbocycles. The monoisotopic (exact) mass is 408 g/mol. The lowest BCUT2D eigenvalue weighted by molar-refractivity contribution is 0.0377. The molecule has 0 aromatic heterocycles. The summed E-state index contributed by atoms with van der Waals surface area (Å²) in [7, 11) is 0. The molecule has 0 spiro atoms. The highest BCUT2D eigenvalue weighted by Gasteiger charge is 2.12. The third-order valence-corrected chi connectivity index (χ3v) is 3.70. The van der Waals surface area contributed by atoms with E-state index in [0.717, 1.165) is 71.2 Å². The van der Waals surface area contributed by atoms with E-state index in [1.54, 1.807) is 0 Å². The van der Waals surface area contributed by atoms with Crippen LogP contribution < -0.4 is 10.6 Å². The van der Waals surface area contributed by atoms with Gasteiger partial charge in [-0.3, -0.25) is 9.89 Å². The SMILES string of the molecule is CCNC(=NCCCN1CCOCC1)NC1CC=CC1.I. The quantitative estimate of drug-likeness (QED) is 0.231. The molecule has 0 amide bonds. The van der Waals surface area contributed by atoms with Gasteiger partial charge in [0.15, 0.2) is 5.96 Å². The minimum atomic E-state index is 0. The molecule has 21 heavy (non-hydrogen) atoms. The molecule has 1 fully saturated rings. The van der Waals surface area contributed by atoms with Gasteiger partial charge in [0, 0.05) is 38.8 Å². The van der Waals surface area contributed by atoms with Gasteiger partial charge < -0.3 is 15.4 Å². The van der Waals surface area contributed by atoms with Crippen LogP contribution in [0.1, 0.15) is 26.2 Å². The fourth-order valence-electron chi connectivity index (χ4n) is 2.56. The Labute approximate surface area is 145 Å². The van der Waals surface area contributed by atoms with Crippen LogP contribution in [0.2, 0.25) is 0 Å². The van der Waals surface area contributed by atoms with Crippen molar-refractivity contribution in [3.63, 3.8) is 0 Å². The van der Waals surface area contributed by atoms with E-state index in [-0.39, 0.29) is 24.0 Å². The van der Waals surface area contributed by atoms with Crippen molar-refractivity contribution in [3.8, 4) is 0 Å². The summed E-state index contributed by atoms with van der Waals surface area (Å²) in [5.41, 5.74) is 0. The summed E-state index contributed by atoms with van der Waals surface area (Å²) in [6.45, 7) is 8.91. The lowest BCUT2D eigenvalue weighted by Crippen LogP contribution is -2.42. The third kappa shape index (κ3) is 7.46. The maximum absolute atomic E-state index is 5.36. The topological polar surface area (TPSA) is 48.9 Å². The van der Waals surface area contributed by atoms with E-state index in [1.165, 1.54) is 0 Å². The van der Waals surface area contributed by atoms with Crippen molar-refractivity contribution in [2.75, 3.05) is 45.9 Å². The molecule has 2 N–H and O–H groups in total. The minimum Gasteiger partial charge on any atom is -0.379 e. The van der Waals surface area contributed by atoms with Crippen molar-refractivity contribution in [3.05, 3.63) is 12.2 Å². The second-order valence-corrected chi connectivity index (χ2v) is 5.35. The van der Waals surface area contributed by atoms with E-state index in [4.69, 9.17) is 4.74 Å². The van der Waals surface area contributed by atoms with Crippen LogP contribution in [0.25, 0.3) is 0 Å². The number of rotatable bonds is 6. The molecule has 2 rings (SSSR count). The average Bonchev–Trinajstić information content (AvgIpc) is 2.98. The predicted molar refractivity (Wildman–Crippen MR) is 98.6 cm³/mol. The number of halogens is 1. The van der Waals surface area contributed by atoms with Gasteiger partial charge in [0.1, 0.15) is 0 Å². The molecular weight excluding hydrogens is 379 g/mol. The van der Waals surface area contributed by atoms with Crippen LogP contribution in [0.5, 0.6) is 0 Å². The van der Waals surface area contributed by atoms with E-state index in [1.807, 2.05) is 0 Å². The smallest absolute Gasteiger partial charge is 0.191 e. The molecule has 1 aliphatic heterocycles. The first-order chi connectivity index (χ1) is 9.88. The molecule has 0 radical (unpaired) electrons. The Bertz CT molecular complexity index is 322. The first kappa shape index (κ1) is 18.7. The Morgan fingerprint density at radius 1 is 1.29 bits per heavy atom. The van der Waals surface area contributed by atoms with Crippen molar-refractivity contribution in [2.24, 2.45) is 4.99 Å². The first-order valence-electron chi connectivity index (χ1n) is 7.88. The van der Waals surface area contributed by atoms with E-state index < -0.39 is 0 Å². The zero-order valence-electron chi connectivity index (χ0n) is 13.0. The molecule has 0 aromatic carbocycles. The van der Waals surface area contributed by atoms with Crippen LogP contribution in [0, 0.1) is 0 Å². The van der Waals surface area contributed by atoms with Crippen LogP contribution in [-0.2, 0) is 4.74 Å². The second kappa shape index (κ2) is 11.3. The molecule has 1 saturated heterocycles. The van der Waals surface area contributed by atoms with E-state index >= 15 is 0 Å². The summed E-state index contributed by atoms with van der Waals surface area (Å²) >= 11 is 0. The predicted octanol–water partition coefficient (Wildman–Crippen LogP) is 1.60. The zero-order valence-corrected chi connectivity index (χ0v) is 15.3. The summed E-state index contributed by atoms with van der Waals surface area (Å²) in [5.74, 6) is 0.961. The summed E-state index contributed by atoms with van der Waals surface area (Å²) in [6.07, 6.45) is 7.80. The van der Waals surface area contributed by atoms with Crippen LogP contribution in [0.3, 0.4) is 0 Å². The molecule has 5 nitrogen and oxygen atoms in total. The highest BCUT2D eigenvalue weighted by atomic mass is 127. The number of guanidine groups is 1. The Hall–Kier alpha value is -0.340. The minimum absolute atomic E-state index is 0. The van der Waals surface area contributed by atoms with E-state index in [9.17, 15) is 0 Å². The molecule has 6 heteroatoms. The molecule has 0 saturated carbocycles. The lowest BCUT2D eigenvalue weighted by atomic mass is 10.2. The van der Waals surface area contributed by atoms with Crippen molar-refractivity contribution < 1.29 is 4.74 Å². The standard InChI is InChI=1S/C15H28N4O.HI/c1-2-16-15(18-14-6-3-4-7-14)17-8-5-9-19-10-12-20-13-11-19;/h3-4,14H,2,5-13H2,1H3,(H2,16,17,18);1H. The largest absolute Gasteiger partial charge is 0.379 e. The number of morpholine rings is 1. The van der Waals surface area contributed by atoms with Crippen LogP contribution >= 0.6 is 24.0 Å². The fraction of sp³-hybridized carbons (Fsp3) is 0.800. The van der Waals surface area contributed by atoms with E-state index in [2.05, 4.69) is 39.6 Å². The molecule has 0 atom stereocenters. The molecule has 1 heterocycles. The zero-order chi connectivity index (χ0) is 14.0. The van der Waals surface area contributed by atoms with Gasteiger partial charge in [0.2, 0.25) is 0 Å². The Morgan fingerprint density at radius 3 is 2.67 bits per heavy atom. The lowest BCUT2D eigenvalue weighted by Gasteiger charge is -2.26. The molecule has 122 valence electrons. The maximum Gasteiger partial charge on any atom is 0.191 e. The second-order valence-electron chi connectivity index (χ2n) is 5.35. The Balaban J connectivity index is 0.00000220. The normalized spacial score (nSPS) is 20.3. The van der Waals surface area contributed by atoms with Gasteiger partial charge in [0.05, 0.1) is 13.2 Å². The van der Waals surface area contributed by atoms with Crippen LogP contribution in [0.4, 0.5) is 0 Å². The third-order valence-electron chi connectivity index (χ3n) is 3.70. The number of nitrogens with one attached hydrogen (secondary N) is 2. The van der Waals surface area contributed by atoms with E-state index in [0.29, 0.717) is 6.04 Å². The summed E-state index contributed by atoms with van der Waals surface area (Å²) in [5, 5.41) is 6.82. The highest BCUT2D eigenvalue weighted by molar-refractivity contribution is 14.0. The molecule has 0 bridgehead atoms. The van der Waals surface area contributed by atoms with Gasteiger partial charge in [-0.25, -0.2) is 0 Å². The number of ether oxygens (including phenoxy) is 1. The van der Waals surface area contributed by atoms with Gasteiger partial charge in [-0.05, 0) is 26.2 Å². The highest BCUT2D eigenvalue weighted by Crippen LogP contribution is 2.08. The maximum atomic E-state index is 5.36. The van der Waals surface area contributed by atoms with Crippen molar-refractivity contribution >= 4 is 29.9 Å². The number of aliphatic imine (C=N–C) groups is 1. The number of nitrogens with zero attached hydrogens (tertiary/aromatic N) is 2. The molecular formula is C15H29IN4O. The Morgan fingerprint density at radius 2 is 2.00 bits per heavy atom. The molecule has 0 unspecified atom stereocenters. The van der Waals surface area contributed by atoms with Gasteiger partial charge in [-0.1, -0.05) is 12.2 Å². The number of hydrogen-bond donors (Lipinski definition) is 2. The average molecular weight is 408 g/mol. The summed E-state index contributed by atoms with van der Waals surface area (Å²) in [4.78, 5) is 7.13. The van der Waals surface area contributed by atoms with Crippen molar-refractivity contribution in [1.29, 1.82) is 0 Å². The van der Waals surface area contributed by atoms with Crippen LogP contribution in [-0.4, -0.2) is 62.8 Å². The van der Waals surface area contributed by atoms with Gasteiger partial charge >= 0.3 is 0 Å². The molecule has 0 aromatic rings. The van der Waals surface area contributed by atoms with Gasteiger partial charge in [0.25, 0.3) is 0 Å². The summed E-state index contributed by atoms with van der Waals surface area (Å²) < 4.78 is 5.36. The van der Waals surface area contributed by atoms with Crippen molar-refractivity contribution in [1.82, 2.24) is 15.5 Å². The van der Waals surface area contributed by atoms with Gasteiger partial charge in [-0.2, -0.15) is 0 Å². The first-order valence-corrected chi connectivity index (χ1v) is 7.88. The van der Waals surface area contributed by atoms with Gasteiger partial charge in [-0.15, -0.1) is 24.0 Å².